The Hall–Kier alpha value is -2.30. The van der Waals surface area contributed by atoms with Gasteiger partial charge in [-0.15, -0.1) is 5.10 Å². The maximum atomic E-state index is 3.81. The molecule has 3 aromatic rings. The summed E-state index contributed by atoms with van der Waals surface area (Å²) in [5.74, 6) is 0. The number of hydrogen-bond donors (Lipinski definition) is 1. The Kier molecular flexibility index (Phi) is 2.97. The molecule has 0 amide bonds. The van der Waals surface area contributed by atoms with Gasteiger partial charge < -0.3 is 0 Å². The average molecular weight is 199 g/mol. The van der Waals surface area contributed by atoms with Crippen LogP contribution in [0.15, 0.2) is 49.1 Å². The molecule has 0 atom stereocenters. The van der Waals surface area contributed by atoms with Crippen molar-refractivity contribution in [2.45, 2.75) is 0 Å². The lowest BCUT2D eigenvalue weighted by Gasteiger charge is -1.79. The number of fused-ring (bicyclic) bond motifs is 1. The van der Waals surface area contributed by atoms with Crippen molar-refractivity contribution < 1.29 is 0 Å². The summed E-state index contributed by atoms with van der Waals surface area (Å²) in [7, 11) is 0. The first-order chi connectivity index (χ1) is 7.47. The first-order valence-corrected chi connectivity index (χ1v) is 4.42. The molecule has 2 aromatic heterocycles. The van der Waals surface area contributed by atoms with E-state index < -0.39 is 0 Å². The normalized spacial score (nSPS) is 9.33. The van der Waals surface area contributed by atoms with Gasteiger partial charge in [-0.3, -0.25) is 5.10 Å². The molecule has 2 heterocycles. The zero-order chi connectivity index (χ0) is 10.3. The van der Waals surface area contributed by atoms with Gasteiger partial charge in [0.2, 0.25) is 0 Å². The topological polar surface area (TPSA) is 67.3 Å². The Bertz CT molecular complexity index is 448. The van der Waals surface area contributed by atoms with Crippen molar-refractivity contribution in [1.82, 2.24) is 25.4 Å². The molecule has 5 nitrogen and oxygen atoms in total. The fraction of sp³-hybridized carbons (Fsp3) is 0. The van der Waals surface area contributed by atoms with Crippen molar-refractivity contribution in [3.63, 3.8) is 0 Å². The fourth-order valence-corrected chi connectivity index (χ4v) is 1.04. The highest BCUT2D eigenvalue weighted by Gasteiger charge is 1.90. The van der Waals surface area contributed by atoms with Gasteiger partial charge in [0.25, 0.3) is 0 Å². The van der Waals surface area contributed by atoms with Gasteiger partial charge in [0, 0.05) is 12.4 Å². The quantitative estimate of drug-likeness (QED) is 0.594. The van der Waals surface area contributed by atoms with Crippen molar-refractivity contribution in [2.24, 2.45) is 0 Å². The van der Waals surface area contributed by atoms with Crippen LogP contribution < -0.4 is 0 Å². The fourth-order valence-electron chi connectivity index (χ4n) is 1.04. The monoisotopic (exact) mass is 199 g/mol. The molecule has 0 spiro atoms. The molecule has 5 heteroatoms. The summed E-state index contributed by atoms with van der Waals surface area (Å²) in [6.45, 7) is 0. The van der Waals surface area contributed by atoms with Crippen molar-refractivity contribution in [2.75, 3.05) is 0 Å². The van der Waals surface area contributed by atoms with E-state index in [9.17, 15) is 0 Å². The molecular weight excluding hydrogens is 190 g/mol. The van der Waals surface area contributed by atoms with Crippen molar-refractivity contribution in [3.05, 3.63) is 49.1 Å². The third kappa shape index (κ3) is 2.57. The second-order valence-electron chi connectivity index (χ2n) is 2.73. The van der Waals surface area contributed by atoms with Crippen LogP contribution in [-0.4, -0.2) is 25.4 Å². The number of aromatic amines is 1. The third-order valence-electron chi connectivity index (χ3n) is 1.71. The summed E-state index contributed by atoms with van der Waals surface area (Å²) >= 11 is 0. The molecule has 0 radical (unpaired) electrons. The zero-order valence-electron chi connectivity index (χ0n) is 7.91. The molecule has 15 heavy (non-hydrogen) atoms. The summed E-state index contributed by atoms with van der Waals surface area (Å²) in [5, 5.41) is 10.2. The van der Waals surface area contributed by atoms with Gasteiger partial charge >= 0.3 is 0 Å². The van der Waals surface area contributed by atoms with Crippen LogP contribution in [0.5, 0.6) is 0 Å². The molecule has 0 unspecified atom stereocenters. The summed E-state index contributed by atoms with van der Waals surface area (Å²) in [4.78, 5) is 7.35. The minimum absolute atomic E-state index is 0.914. The molecule has 1 N–H and O–H groups in total. The van der Waals surface area contributed by atoms with Crippen molar-refractivity contribution in [3.8, 4) is 0 Å². The predicted octanol–water partition coefficient (Wildman–Crippen LogP) is 1.43. The molecule has 1 aromatic carbocycles. The highest BCUT2D eigenvalue weighted by atomic mass is 15.3. The van der Waals surface area contributed by atoms with Gasteiger partial charge in [0.15, 0.2) is 0 Å². The molecule has 0 aliphatic carbocycles. The van der Waals surface area contributed by atoms with E-state index in [4.69, 9.17) is 0 Å². The molecule has 74 valence electrons. The Labute approximate surface area is 86.2 Å². The lowest BCUT2D eigenvalue weighted by atomic mass is 10.3. The van der Waals surface area contributed by atoms with Gasteiger partial charge in [-0.05, 0) is 18.2 Å². The molecular formula is C10H9N5. The first kappa shape index (κ1) is 9.26. The third-order valence-corrected chi connectivity index (χ3v) is 1.71. The summed E-state index contributed by atoms with van der Waals surface area (Å²) in [6.07, 6.45) is 4.88. The summed E-state index contributed by atoms with van der Waals surface area (Å²) < 4.78 is 0. The molecule has 0 aliphatic heterocycles. The number of hydrogen-bond acceptors (Lipinski definition) is 4. The highest BCUT2D eigenvalue weighted by molar-refractivity contribution is 5.72. The van der Waals surface area contributed by atoms with E-state index in [0.717, 1.165) is 11.0 Å². The van der Waals surface area contributed by atoms with Crippen LogP contribution in [0.1, 0.15) is 0 Å². The van der Waals surface area contributed by atoms with Crippen molar-refractivity contribution >= 4 is 11.0 Å². The Balaban J connectivity index is 0.000000124. The molecule has 0 bridgehead atoms. The van der Waals surface area contributed by atoms with E-state index in [1.54, 1.807) is 18.5 Å². The summed E-state index contributed by atoms with van der Waals surface area (Å²) in [5.41, 5.74) is 1.90. The molecule has 0 saturated heterocycles. The maximum Gasteiger partial charge on any atom is 0.115 e. The highest BCUT2D eigenvalue weighted by Crippen LogP contribution is 2.03. The molecule has 3 rings (SSSR count). The Morgan fingerprint density at radius 1 is 0.933 bits per heavy atom. The van der Waals surface area contributed by atoms with Crippen LogP contribution in [0.2, 0.25) is 0 Å². The van der Waals surface area contributed by atoms with Gasteiger partial charge in [-0.25, -0.2) is 9.97 Å². The lowest BCUT2D eigenvalue weighted by Crippen LogP contribution is -1.66. The van der Waals surface area contributed by atoms with E-state index in [2.05, 4.69) is 25.4 Å². The zero-order valence-corrected chi connectivity index (χ0v) is 7.91. The minimum atomic E-state index is 0.914. The Morgan fingerprint density at radius 3 is 2.33 bits per heavy atom. The van der Waals surface area contributed by atoms with Gasteiger partial charge in [-0.1, -0.05) is 17.3 Å². The summed E-state index contributed by atoms with van der Waals surface area (Å²) in [6, 6.07) is 9.52. The van der Waals surface area contributed by atoms with Crippen LogP contribution in [0.4, 0.5) is 0 Å². The maximum absolute atomic E-state index is 3.81. The van der Waals surface area contributed by atoms with E-state index in [0.29, 0.717) is 0 Å². The number of aromatic nitrogens is 5. The van der Waals surface area contributed by atoms with E-state index in [-0.39, 0.29) is 0 Å². The number of nitrogens with one attached hydrogen (secondary N) is 1. The second-order valence-corrected chi connectivity index (χ2v) is 2.73. The van der Waals surface area contributed by atoms with Crippen LogP contribution in [0.3, 0.4) is 0 Å². The van der Waals surface area contributed by atoms with Gasteiger partial charge in [0.1, 0.15) is 11.8 Å². The molecule has 0 saturated carbocycles. The standard InChI is InChI=1S/C6H5N3.C4H4N2/c1-2-4-6-5(3-1)7-9-8-6;1-2-5-4-6-3-1/h1-4H,(H,7,8,9);1-4H. The van der Waals surface area contributed by atoms with Crippen LogP contribution in [-0.2, 0) is 0 Å². The molecule has 0 aliphatic rings. The average Bonchev–Trinajstić information content (AvgIpc) is 2.80. The van der Waals surface area contributed by atoms with E-state index in [1.165, 1.54) is 6.33 Å². The largest absolute Gasteiger partial charge is 0.258 e. The minimum Gasteiger partial charge on any atom is -0.258 e. The second kappa shape index (κ2) is 4.80. The first-order valence-electron chi connectivity index (χ1n) is 4.42. The van der Waals surface area contributed by atoms with Crippen LogP contribution in [0.25, 0.3) is 11.0 Å². The van der Waals surface area contributed by atoms with E-state index in [1.807, 2.05) is 24.3 Å². The van der Waals surface area contributed by atoms with Gasteiger partial charge in [-0.2, -0.15) is 0 Å². The van der Waals surface area contributed by atoms with E-state index >= 15 is 0 Å². The number of benzene rings is 1. The van der Waals surface area contributed by atoms with Gasteiger partial charge in [0.05, 0.1) is 5.52 Å². The number of rotatable bonds is 0. The van der Waals surface area contributed by atoms with Crippen molar-refractivity contribution in [1.29, 1.82) is 0 Å². The SMILES string of the molecule is c1ccc2[nH]nnc2c1.c1cncnc1. The van der Waals surface area contributed by atoms with Crippen LogP contribution >= 0.6 is 0 Å². The smallest absolute Gasteiger partial charge is 0.115 e. The van der Waals surface area contributed by atoms with Crippen LogP contribution in [0, 0.1) is 0 Å². The lowest BCUT2D eigenvalue weighted by molar-refractivity contribution is 0.959. The number of H-pyrrole nitrogens is 1. The number of nitrogens with zero attached hydrogens (tertiary/aromatic N) is 4. The number of para-hydroxylation sites is 1. The predicted molar refractivity (Wildman–Crippen MR) is 55.9 cm³/mol. The Morgan fingerprint density at radius 2 is 1.73 bits per heavy atom. The molecule has 0 fully saturated rings.